The van der Waals surface area contributed by atoms with Gasteiger partial charge >= 0.3 is 11.9 Å². The average Bonchev–Trinajstić information content (AvgIpc) is 2.27. The van der Waals surface area contributed by atoms with Crippen molar-refractivity contribution in [3.05, 3.63) is 0 Å². The van der Waals surface area contributed by atoms with Crippen LogP contribution in [0.25, 0.3) is 0 Å². The number of hydrogen-bond donors (Lipinski definition) is 3. The number of ether oxygens (including phenoxy) is 1. The second-order valence-electron chi connectivity index (χ2n) is 3.71. The highest BCUT2D eigenvalue weighted by atomic mass is 16.6. The molecule has 94 valence electrons. The summed E-state index contributed by atoms with van der Waals surface area (Å²) in [6, 6.07) is -0.804. The standard InChI is InChI=1S/C10H20N2O4/c1-7(6-13)9(14)16-10(15)8(12)4-2-3-5-11/h7-8,13H,2-6,11-12H2,1H3/t7?,8-/m0/s1. The van der Waals surface area contributed by atoms with E-state index in [0.29, 0.717) is 13.0 Å². The molecule has 2 atom stereocenters. The first-order valence-corrected chi connectivity index (χ1v) is 5.35. The number of rotatable bonds is 7. The Morgan fingerprint density at radius 2 is 1.94 bits per heavy atom. The van der Waals surface area contributed by atoms with E-state index in [1.165, 1.54) is 6.92 Å². The normalized spacial score (nSPS) is 14.2. The largest absolute Gasteiger partial charge is 0.395 e. The van der Waals surface area contributed by atoms with Gasteiger partial charge in [-0.25, -0.2) is 4.79 Å². The molecule has 0 radical (unpaired) electrons. The summed E-state index contributed by atoms with van der Waals surface area (Å²) in [4.78, 5) is 22.4. The Morgan fingerprint density at radius 1 is 1.31 bits per heavy atom. The van der Waals surface area contributed by atoms with Crippen LogP contribution in [0.1, 0.15) is 26.2 Å². The highest BCUT2D eigenvalue weighted by Gasteiger charge is 2.21. The van der Waals surface area contributed by atoms with Crippen LogP contribution in [0, 0.1) is 5.92 Å². The lowest BCUT2D eigenvalue weighted by molar-refractivity contribution is -0.164. The number of aliphatic hydroxyl groups is 1. The first kappa shape index (κ1) is 15.0. The van der Waals surface area contributed by atoms with Gasteiger partial charge in [0.05, 0.1) is 12.5 Å². The Labute approximate surface area is 94.9 Å². The lowest BCUT2D eigenvalue weighted by atomic mass is 10.1. The van der Waals surface area contributed by atoms with Crippen LogP contribution in [-0.4, -0.2) is 36.2 Å². The second kappa shape index (κ2) is 8.20. The zero-order valence-corrected chi connectivity index (χ0v) is 9.52. The summed E-state index contributed by atoms with van der Waals surface area (Å²) in [7, 11) is 0. The van der Waals surface area contributed by atoms with Gasteiger partial charge in [0.25, 0.3) is 0 Å². The number of aliphatic hydroxyl groups excluding tert-OH is 1. The first-order valence-electron chi connectivity index (χ1n) is 5.35. The summed E-state index contributed by atoms with van der Waals surface area (Å²) in [5, 5.41) is 8.67. The third-order valence-corrected chi connectivity index (χ3v) is 2.15. The highest BCUT2D eigenvalue weighted by Crippen LogP contribution is 2.03. The van der Waals surface area contributed by atoms with E-state index in [2.05, 4.69) is 4.74 Å². The van der Waals surface area contributed by atoms with Gasteiger partial charge in [0.1, 0.15) is 6.04 Å². The van der Waals surface area contributed by atoms with E-state index < -0.39 is 23.9 Å². The molecule has 0 heterocycles. The fourth-order valence-corrected chi connectivity index (χ4v) is 0.976. The maximum atomic E-state index is 11.3. The number of nitrogens with two attached hydrogens (primary N) is 2. The molecule has 1 unspecified atom stereocenters. The number of esters is 2. The van der Waals surface area contributed by atoms with Gasteiger partial charge in [-0.15, -0.1) is 0 Å². The zero-order valence-electron chi connectivity index (χ0n) is 9.52. The smallest absolute Gasteiger partial charge is 0.330 e. The van der Waals surface area contributed by atoms with Crippen LogP contribution in [-0.2, 0) is 14.3 Å². The van der Waals surface area contributed by atoms with Crippen molar-refractivity contribution < 1.29 is 19.4 Å². The van der Waals surface area contributed by atoms with E-state index in [1.54, 1.807) is 0 Å². The molecule has 0 amide bonds. The molecule has 0 spiro atoms. The quantitative estimate of drug-likeness (QED) is 0.299. The number of carbonyl (C=O) groups is 2. The molecule has 0 aliphatic rings. The summed E-state index contributed by atoms with van der Waals surface area (Å²) >= 11 is 0. The summed E-state index contributed by atoms with van der Waals surface area (Å²) < 4.78 is 4.50. The van der Waals surface area contributed by atoms with Gasteiger partial charge in [0.2, 0.25) is 0 Å². The molecule has 6 nitrogen and oxygen atoms in total. The van der Waals surface area contributed by atoms with Crippen LogP contribution < -0.4 is 11.5 Å². The minimum absolute atomic E-state index is 0.353. The fraction of sp³-hybridized carbons (Fsp3) is 0.800. The minimum Gasteiger partial charge on any atom is -0.395 e. The Hall–Kier alpha value is -0.980. The van der Waals surface area contributed by atoms with Crippen LogP contribution in [0.3, 0.4) is 0 Å². The zero-order chi connectivity index (χ0) is 12.6. The van der Waals surface area contributed by atoms with Crippen molar-refractivity contribution in [3.8, 4) is 0 Å². The lowest BCUT2D eigenvalue weighted by Crippen LogP contribution is -2.35. The molecule has 0 aliphatic carbocycles. The van der Waals surface area contributed by atoms with Crippen LogP contribution >= 0.6 is 0 Å². The van der Waals surface area contributed by atoms with Crippen molar-refractivity contribution in [1.82, 2.24) is 0 Å². The molecule has 0 aromatic heterocycles. The Balaban J connectivity index is 3.91. The van der Waals surface area contributed by atoms with E-state index >= 15 is 0 Å². The maximum absolute atomic E-state index is 11.3. The average molecular weight is 232 g/mol. The minimum atomic E-state index is -0.804. The van der Waals surface area contributed by atoms with E-state index in [1.807, 2.05) is 0 Å². The van der Waals surface area contributed by atoms with Crippen molar-refractivity contribution >= 4 is 11.9 Å². The SMILES string of the molecule is CC(CO)C(=O)OC(=O)[C@@H](N)CCCCN. The molecule has 0 aromatic rings. The van der Waals surface area contributed by atoms with E-state index in [9.17, 15) is 9.59 Å². The van der Waals surface area contributed by atoms with E-state index in [4.69, 9.17) is 16.6 Å². The third kappa shape index (κ3) is 5.79. The van der Waals surface area contributed by atoms with Crippen LogP contribution in [0.15, 0.2) is 0 Å². The summed E-state index contributed by atoms with van der Waals surface area (Å²) in [6.07, 6.45) is 1.94. The molecule has 0 aromatic carbocycles. The summed E-state index contributed by atoms with van der Waals surface area (Å²) in [5.41, 5.74) is 10.8. The monoisotopic (exact) mass is 232 g/mol. The maximum Gasteiger partial charge on any atom is 0.330 e. The van der Waals surface area contributed by atoms with Crippen LogP contribution in [0.4, 0.5) is 0 Å². The molecular weight excluding hydrogens is 212 g/mol. The second-order valence-corrected chi connectivity index (χ2v) is 3.71. The molecule has 16 heavy (non-hydrogen) atoms. The Bertz CT molecular complexity index is 233. The molecule has 0 saturated carbocycles. The van der Waals surface area contributed by atoms with Crippen LogP contribution in [0.2, 0.25) is 0 Å². The van der Waals surface area contributed by atoms with Gasteiger partial charge in [-0.1, -0.05) is 6.42 Å². The molecule has 0 aliphatic heterocycles. The fourth-order valence-electron chi connectivity index (χ4n) is 0.976. The van der Waals surface area contributed by atoms with Gasteiger partial charge in [-0.05, 0) is 26.3 Å². The Morgan fingerprint density at radius 3 is 2.44 bits per heavy atom. The van der Waals surface area contributed by atoms with E-state index in [0.717, 1.165) is 12.8 Å². The Kier molecular flexibility index (Phi) is 7.70. The number of hydrogen-bond acceptors (Lipinski definition) is 6. The summed E-state index contributed by atoms with van der Waals surface area (Å²) in [6.45, 7) is 1.66. The molecule has 0 bridgehead atoms. The summed E-state index contributed by atoms with van der Waals surface area (Å²) in [5.74, 6) is -2.20. The van der Waals surface area contributed by atoms with Crippen molar-refractivity contribution in [1.29, 1.82) is 0 Å². The predicted molar refractivity (Wildman–Crippen MR) is 58.2 cm³/mol. The molecular formula is C10H20N2O4. The topological polar surface area (TPSA) is 116 Å². The van der Waals surface area contributed by atoms with Crippen LogP contribution in [0.5, 0.6) is 0 Å². The number of carbonyl (C=O) groups excluding carboxylic acids is 2. The molecule has 0 rings (SSSR count). The molecule has 6 heteroatoms. The van der Waals surface area contributed by atoms with Crippen molar-refractivity contribution in [3.63, 3.8) is 0 Å². The van der Waals surface area contributed by atoms with Gasteiger partial charge in [-0.2, -0.15) is 0 Å². The molecule has 5 N–H and O–H groups in total. The van der Waals surface area contributed by atoms with Gasteiger partial charge in [0.15, 0.2) is 0 Å². The first-order chi connectivity index (χ1) is 7.52. The van der Waals surface area contributed by atoms with Gasteiger partial charge < -0.3 is 21.3 Å². The van der Waals surface area contributed by atoms with Gasteiger partial charge in [0, 0.05) is 0 Å². The molecule has 0 saturated heterocycles. The lowest BCUT2D eigenvalue weighted by Gasteiger charge is -2.11. The molecule has 0 fully saturated rings. The van der Waals surface area contributed by atoms with Crippen molar-refractivity contribution in [2.45, 2.75) is 32.2 Å². The van der Waals surface area contributed by atoms with E-state index in [-0.39, 0.29) is 6.61 Å². The highest BCUT2D eigenvalue weighted by molar-refractivity contribution is 5.89. The van der Waals surface area contributed by atoms with Crippen molar-refractivity contribution in [2.75, 3.05) is 13.2 Å². The predicted octanol–water partition coefficient (Wildman–Crippen LogP) is -0.859. The van der Waals surface area contributed by atoms with Gasteiger partial charge in [-0.3, -0.25) is 4.79 Å². The third-order valence-electron chi connectivity index (χ3n) is 2.15. The van der Waals surface area contributed by atoms with Crippen molar-refractivity contribution in [2.24, 2.45) is 17.4 Å². The number of unbranched alkanes of at least 4 members (excludes halogenated alkanes) is 1.